The molecule has 0 bridgehead atoms. The predicted molar refractivity (Wildman–Crippen MR) is 67.0 cm³/mol. The molecule has 0 spiro atoms. The summed E-state index contributed by atoms with van der Waals surface area (Å²) in [6.45, 7) is 3.71. The van der Waals surface area contributed by atoms with Crippen LogP contribution in [-0.4, -0.2) is 20.1 Å². The van der Waals surface area contributed by atoms with Gasteiger partial charge >= 0.3 is 0 Å². The fraction of sp³-hybridized carbons (Fsp3) is 0.364. The zero-order valence-electron chi connectivity index (χ0n) is 9.60. The smallest absolute Gasteiger partial charge is 0.238 e. The van der Waals surface area contributed by atoms with Crippen LogP contribution >= 0.6 is 11.6 Å². The summed E-state index contributed by atoms with van der Waals surface area (Å²) in [5.41, 5.74) is 0.854. The largest absolute Gasteiger partial charge is 0.293 e. The van der Waals surface area contributed by atoms with E-state index in [-0.39, 0.29) is 28.0 Å². The Labute approximate surface area is 106 Å². The highest BCUT2D eigenvalue weighted by Crippen LogP contribution is 2.24. The molecule has 0 saturated carbocycles. The quantitative estimate of drug-likeness (QED) is 0.673. The third-order valence-electron chi connectivity index (χ3n) is 2.39. The first-order chi connectivity index (χ1) is 7.77. The number of alkyl halides is 1. The summed E-state index contributed by atoms with van der Waals surface area (Å²) in [5.74, 6) is -0.513. The molecule has 4 nitrogen and oxygen atoms in total. The van der Waals surface area contributed by atoms with Crippen LogP contribution in [0.5, 0.6) is 0 Å². The molecule has 0 aliphatic carbocycles. The minimum absolute atomic E-state index is 0.00322. The Balaban J connectivity index is 3.45. The standard InChI is InChI=1S/C11H14ClNO3S/c1-7(2)9-4-3-8(10(14)6-12)5-11(9)17(13,15)16/h3-5,7H,6H2,1-2H3,(H2,13,15,16). The molecule has 0 heterocycles. The molecule has 94 valence electrons. The van der Waals surface area contributed by atoms with E-state index in [9.17, 15) is 13.2 Å². The maximum absolute atomic E-state index is 11.5. The number of rotatable bonds is 4. The normalized spacial score (nSPS) is 11.8. The minimum Gasteiger partial charge on any atom is -0.293 e. The summed E-state index contributed by atoms with van der Waals surface area (Å²) < 4.78 is 22.9. The molecule has 1 aromatic carbocycles. The molecule has 0 aromatic heterocycles. The summed E-state index contributed by atoms with van der Waals surface area (Å²) in [7, 11) is -3.84. The topological polar surface area (TPSA) is 77.2 Å². The van der Waals surface area contributed by atoms with E-state index in [0.717, 1.165) is 0 Å². The maximum atomic E-state index is 11.5. The number of hydrogen-bond donors (Lipinski definition) is 1. The van der Waals surface area contributed by atoms with E-state index in [1.54, 1.807) is 12.1 Å². The Morgan fingerprint density at radius 2 is 2.00 bits per heavy atom. The average Bonchev–Trinajstić information content (AvgIpc) is 2.25. The fourth-order valence-corrected chi connectivity index (χ4v) is 2.59. The van der Waals surface area contributed by atoms with Gasteiger partial charge in [0, 0.05) is 5.56 Å². The zero-order chi connectivity index (χ0) is 13.2. The van der Waals surface area contributed by atoms with Gasteiger partial charge in [0.2, 0.25) is 10.0 Å². The highest BCUT2D eigenvalue weighted by Gasteiger charge is 2.18. The number of ketones is 1. The minimum atomic E-state index is -3.84. The van der Waals surface area contributed by atoms with Gasteiger partial charge in [0.15, 0.2) is 5.78 Å². The van der Waals surface area contributed by atoms with Crippen LogP contribution in [0.3, 0.4) is 0 Å². The van der Waals surface area contributed by atoms with E-state index >= 15 is 0 Å². The van der Waals surface area contributed by atoms with Gasteiger partial charge in [-0.25, -0.2) is 13.6 Å². The average molecular weight is 276 g/mol. The van der Waals surface area contributed by atoms with Crippen LogP contribution < -0.4 is 5.14 Å². The molecule has 0 amide bonds. The van der Waals surface area contributed by atoms with Crippen LogP contribution in [0.1, 0.15) is 35.7 Å². The SMILES string of the molecule is CC(C)c1ccc(C(=O)CCl)cc1S(N)(=O)=O. The number of benzene rings is 1. The second kappa shape index (κ2) is 5.16. The van der Waals surface area contributed by atoms with Crippen LogP contribution in [0, 0.1) is 0 Å². The van der Waals surface area contributed by atoms with Gasteiger partial charge in [-0.3, -0.25) is 4.79 Å². The lowest BCUT2D eigenvalue weighted by Gasteiger charge is -2.12. The van der Waals surface area contributed by atoms with Gasteiger partial charge < -0.3 is 0 Å². The van der Waals surface area contributed by atoms with Crippen molar-refractivity contribution in [2.45, 2.75) is 24.7 Å². The number of carbonyl (C=O) groups excluding carboxylic acids is 1. The lowest BCUT2D eigenvalue weighted by Crippen LogP contribution is -2.16. The Morgan fingerprint density at radius 3 is 2.41 bits per heavy atom. The van der Waals surface area contributed by atoms with Crippen molar-refractivity contribution in [1.82, 2.24) is 0 Å². The van der Waals surface area contributed by atoms with Gasteiger partial charge in [0.05, 0.1) is 10.8 Å². The number of sulfonamides is 1. The molecular weight excluding hydrogens is 262 g/mol. The molecule has 1 aromatic rings. The molecule has 6 heteroatoms. The Hall–Kier alpha value is -0.910. The number of hydrogen-bond acceptors (Lipinski definition) is 3. The van der Waals surface area contributed by atoms with Crippen LogP contribution in [0.4, 0.5) is 0 Å². The first-order valence-corrected chi connectivity index (χ1v) is 7.11. The summed E-state index contributed by atoms with van der Waals surface area (Å²) in [5, 5.41) is 5.13. The van der Waals surface area contributed by atoms with E-state index in [2.05, 4.69) is 0 Å². The first-order valence-electron chi connectivity index (χ1n) is 5.03. The summed E-state index contributed by atoms with van der Waals surface area (Å²) in [6, 6.07) is 4.45. The van der Waals surface area contributed by atoms with E-state index in [0.29, 0.717) is 5.56 Å². The number of primary sulfonamides is 1. The van der Waals surface area contributed by atoms with Gasteiger partial charge in [-0.2, -0.15) is 0 Å². The summed E-state index contributed by atoms with van der Waals surface area (Å²) in [6.07, 6.45) is 0. The number of Topliss-reactive ketones (excluding diaryl/α,β-unsaturated/α-hetero) is 1. The fourth-order valence-electron chi connectivity index (χ4n) is 1.51. The second-order valence-corrected chi connectivity index (χ2v) is 5.81. The van der Waals surface area contributed by atoms with Crippen molar-refractivity contribution in [2.75, 3.05) is 5.88 Å². The van der Waals surface area contributed by atoms with Crippen LogP contribution in [-0.2, 0) is 10.0 Å². The lowest BCUT2D eigenvalue weighted by atomic mass is 10.0. The summed E-state index contributed by atoms with van der Waals surface area (Å²) in [4.78, 5) is 11.4. The van der Waals surface area contributed by atoms with E-state index in [1.807, 2.05) is 13.8 Å². The van der Waals surface area contributed by atoms with Crippen molar-refractivity contribution >= 4 is 27.4 Å². The monoisotopic (exact) mass is 275 g/mol. The lowest BCUT2D eigenvalue weighted by molar-refractivity contribution is 0.102. The third-order valence-corrected chi connectivity index (χ3v) is 3.59. The van der Waals surface area contributed by atoms with E-state index < -0.39 is 10.0 Å². The molecule has 0 radical (unpaired) electrons. The second-order valence-electron chi connectivity index (χ2n) is 4.01. The molecule has 0 atom stereocenters. The summed E-state index contributed by atoms with van der Waals surface area (Å²) >= 11 is 5.43. The van der Waals surface area contributed by atoms with Gasteiger partial charge in [-0.1, -0.05) is 26.0 Å². The highest BCUT2D eigenvalue weighted by atomic mass is 35.5. The van der Waals surface area contributed by atoms with Crippen molar-refractivity contribution in [1.29, 1.82) is 0 Å². The van der Waals surface area contributed by atoms with Gasteiger partial charge in [0.25, 0.3) is 0 Å². The number of halogens is 1. The molecule has 17 heavy (non-hydrogen) atoms. The molecule has 0 aliphatic heterocycles. The number of nitrogens with two attached hydrogens (primary N) is 1. The van der Waals surface area contributed by atoms with Crippen molar-refractivity contribution in [2.24, 2.45) is 5.14 Å². The van der Waals surface area contributed by atoms with E-state index in [1.165, 1.54) is 6.07 Å². The first kappa shape index (κ1) is 14.2. The Morgan fingerprint density at radius 1 is 1.41 bits per heavy atom. The van der Waals surface area contributed by atoms with Crippen molar-refractivity contribution < 1.29 is 13.2 Å². The maximum Gasteiger partial charge on any atom is 0.238 e. The third kappa shape index (κ3) is 3.28. The molecule has 0 fully saturated rings. The van der Waals surface area contributed by atoms with Crippen molar-refractivity contribution in [3.8, 4) is 0 Å². The molecule has 0 aliphatic rings. The molecular formula is C11H14ClNO3S. The molecule has 1 rings (SSSR count). The van der Waals surface area contributed by atoms with Crippen molar-refractivity contribution in [3.05, 3.63) is 29.3 Å². The Kier molecular flexibility index (Phi) is 4.30. The predicted octanol–water partition coefficient (Wildman–Crippen LogP) is 1.88. The van der Waals surface area contributed by atoms with Crippen molar-refractivity contribution in [3.63, 3.8) is 0 Å². The van der Waals surface area contributed by atoms with Crippen LogP contribution in [0.15, 0.2) is 23.1 Å². The highest BCUT2D eigenvalue weighted by molar-refractivity contribution is 7.89. The van der Waals surface area contributed by atoms with Crippen LogP contribution in [0.2, 0.25) is 0 Å². The van der Waals surface area contributed by atoms with E-state index in [4.69, 9.17) is 16.7 Å². The van der Waals surface area contributed by atoms with Gasteiger partial charge in [-0.05, 0) is 17.5 Å². The van der Waals surface area contributed by atoms with Crippen LogP contribution in [0.25, 0.3) is 0 Å². The molecule has 0 unspecified atom stereocenters. The molecule has 2 N–H and O–H groups in total. The Bertz CT molecular complexity index is 538. The molecule has 0 saturated heterocycles. The zero-order valence-corrected chi connectivity index (χ0v) is 11.2. The van der Waals surface area contributed by atoms with Gasteiger partial charge in [-0.15, -0.1) is 11.6 Å². The number of carbonyl (C=O) groups is 1. The van der Waals surface area contributed by atoms with Gasteiger partial charge in [0.1, 0.15) is 0 Å².